The molecule has 0 unspecified atom stereocenters. The molecule has 2 heterocycles. The van der Waals surface area contributed by atoms with E-state index in [1.807, 2.05) is 6.92 Å². The number of oxazole rings is 1. The number of aryl methyl sites for hydroxylation is 1. The number of rotatable bonds is 5. The smallest absolute Gasteiger partial charge is 0.273 e. The minimum Gasteiger partial charge on any atom is -0.448 e. The molecule has 0 saturated heterocycles. The van der Waals surface area contributed by atoms with Crippen LogP contribution in [0, 0.1) is 0 Å². The third-order valence-corrected chi connectivity index (χ3v) is 4.03. The highest BCUT2D eigenvalue weighted by Gasteiger charge is 2.21. The fourth-order valence-corrected chi connectivity index (χ4v) is 2.81. The maximum Gasteiger partial charge on any atom is 0.273 e. The average Bonchev–Trinajstić information content (AvgIpc) is 3.22. The van der Waals surface area contributed by atoms with Crippen molar-refractivity contribution in [2.75, 3.05) is 0 Å². The predicted octanol–water partition coefficient (Wildman–Crippen LogP) is 2.60. The highest BCUT2D eigenvalue weighted by Crippen LogP contribution is 2.30. The van der Waals surface area contributed by atoms with Crippen molar-refractivity contribution in [3.05, 3.63) is 29.6 Å². The molecule has 1 amide bonds. The Labute approximate surface area is 128 Å². The van der Waals surface area contributed by atoms with Crippen molar-refractivity contribution in [3.8, 4) is 0 Å². The number of aromatic nitrogens is 3. The molecule has 1 N–H and O–H groups in total. The van der Waals surface area contributed by atoms with E-state index in [0.717, 1.165) is 18.7 Å². The summed E-state index contributed by atoms with van der Waals surface area (Å²) >= 11 is 0. The van der Waals surface area contributed by atoms with Crippen LogP contribution >= 0.6 is 0 Å². The molecule has 22 heavy (non-hydrogen) atoms. The predicted molar refractivity (Wildman–Crippen MR) is 77.2 cm³/mol. The molecule has 7 nitrogen and oxygen atoms in total. The fourth-order valence-electron chi connectivity index (χ4n) is 2.81. The second-order valence-corrected chi connectivity index (χ2v) is 5.54. The van der Waals surface area contributed by atoms with Gasteiger partial charge in [0.05, 0.1) is 6.54 Å². The maximum atomic E-state index is 12.0. The van der Waals surface area contributed by atoms with Gasteiger partial charge in [0.1, 0.15) is 5.76 Å². The molecule has 1 aliphatic rings. The number of nitrogens with zero attached hydrogens (tertiary/aromatic N) is 3. The lowest BCUT2D eigenvalue weighted by Crippen LogP contribution is -2.24. The van der Waals surface area contributed by atoms with Gasteiger partial charge in [0, 0.05) is 12.3 Å². The van der Waals surface area contributed by atoms with E-state index >= 15 is 0 Å². The molecule has 1 aliphatic carbocycles. The Morgan fingerprint density at radius 3 is 2.95 bits per heavy atom. The van der Waals surface area contributed by atoms with E-state index < -0.39 is 0 Å². The number of hydrogen-bond donors (Lipinski definition) is 1. The molecule has 1 saturated carbocycles. The van der Waals surface area contributed by atoms with Gasteiger partial charge in [-0.3, -0.25) is 4.79 Å². The maximum absolute atomic E-state index is 12.0. The van der Waals surface area contributed by atoms with Crippen molar-refractivity contribution in [3.63, 3.8) is 0 Å². The van der Waals surface area contributed by atoms with E-state index in [9.17, 15) is 4.79 Å². The second-order valence-electron chi connectivity index (χ2n) is 5.54. The topological polar surface area (TPSA) is 94.1 Å². The first-order valence-corrected chi connectivity index (χ1v) is 7.81. The molecular formula is C15H20N4O3. The number of carbonyl (C=O) groups excluding carboxylic acids is 1. The molecular weight excluding hydrogens is 284 g/mol. The SMILES string of the molecule is CCc1ocnc1C(=O)NCc1nc(C2CCCCC2)no1. The Balaban J connectivity index is 1.57. The van der Waals surface area contributed by atoms with Gasteiger partial charge in [-0.05, 0) is 12.8 Å². The van der Waals surface area contributed by atoms with Crippen molar-refractivity contribution in [2.45, 2.75) is 57.9 Å². The van der Waals surface area contributed by atoms with Gasteiger partial charge in [-0.2, -0.15) is 4.98 Å². The van der Waals surface area contributed by atoms with E-state index in [1.54, 1.807) is 0 Å². The van der Waals surface area contributed by atoms with Gasteiger partial charge in [-0.15, -0.1) is 0 Å². The molecule has 7 heteroatoms. The minimum atomic E-state index is -0.289. The van der Waals surface area contributed by atoms with Crippen molar-refractivity contribution in [1.82, 2.24) is 20.4 Å². The Hall–Kier alpha value is -2.18. The van der Waals surface area contributed by atoms with E-state index in [2.05, 4.69) is 20.4 Å². The molecule has 2 aromatic heterocycles. The standard InChI is InChI=1S/C15H20N4O3/c1-2-11-13(17-9-21-11)15(20)16-8-12-18-14(19-22-12)10-6-4-3-5-7-10/h9-10H,2-8H2,1H3,(H,16,20). The summed E-state index contributed by atoms with van der Waals surface area (Å²) in [6.45, 7) is 2.11. The van der Waals surface area contributed by atoms with Gasteiger partial charge in [-0.1, -0.05) is 31.3 Å². The number of hydrogen-bond acceptors (Lipinski definition) is 6. The van der Waals surface area contributed by atoms with E-state index in [-0.39, 0.29) is 12.5 Å². The van der Waals surface area contributed by atoms with Crippen LogP contribution in [0.3, 0.4) is 0 Å². The zero-order valence-corrected chi connectivity index (χ0v) is 12.7. The molecule has 0 spiro atoms. The Morgan fingerprint density at radius 1 is 1.36 bits per heavy atom. The van der Waals surface area contributed by atoms with Gasteiger partial charge >= 0.3 is 0 Å². The van der Waals surface area contributed by atoms with Gasteiger partial charge in [-0.25, -0.2) is 4.98 Å². The summed E-state index contributed by atoms with van der Waals surface area (Å²) in [5.74, 6) is 1.87. The lowest BCUT2D eigenvalue weighted by atomic mass is 9.89. The van der Waals surface area contributed by atoms with Crippen LogP contribution in [0.5, 0.6) is 0 Å². The molecule has 3 rings (SSSR count). The third-order valence-electron chi connectivity index (χ3n) is 4.03. The highest BCUT2D eigenvalue weighted by molar-refractivity contribution is 5.93. The van der Waals surface area contributed by atoms with Gasteiger partial charge in [0.2, 0.25) is 5.89 Å². The normalized spacial score (nSPS) is 15.9. The van der Waals surface area contributed by atoms with E-state index in [0.29, 0.717) is 29.7 Å². The summed E-state index contributed by atoms with van der Waals surface area (Å²) in [5.41, 5.74) is 0.314. The van der Waals surface area contributed by atoms with E-state index in [1.165, 1.54) is 25.7 Å². The van der Waals surface area contributed by atoms with Crippen LogP contribution in [0.25, 0.3) is 0 Å². The van der Waals surface area contributed by atoms with Crippen LogP contribution in [0.1, 0.15) is 72.9 Å². The van der Waals surface area contributed by atoms with Gasteiger partial charge in [0.25, 0.3) is 5.91 Å². The fraction of sp³-hybridized carbons (Fsp3) is 0.600. The third kappa shape index (κ3) is 3.18. The summed E-state index contributed by atoms with van der Waals surface area (Å²) in [4.78, 5) is 20.4. The molecule has 0 aromatic carbocycles. The first-order valence-electron chi connectivity index (χ1n) is 7.81. The zero-order chi connectivity index (χ0) is 15.4. The lowest BCUT2D eigenvalue weighted by molar-refractivity contribution is 0.0940. The van der Waals surface area contributed by atoms with Crippen molar-refractivity contribution in [2.24, 2.45) is 0 Å². The van der Waals surface area contributed by atoms with Gasteiger partial charge < -0.3 is 14.3 Å². The average molecular weight is 304 g/mol. The summed E-state index contributed by atoms with van der Waals surface area (Å²) < 4.78 is 10.4. The molecule has 0 aliphatic heterocycles. The Bertz CT molecular complexity index is 628. The lowest BCUT2D eigenvalue weighted by Gasteiger charge is -2.17. The van der Waals surface area contributed by atoms with Crippen LogP contribution in [0.2, 0.25) is 0 Å². The zero-order valence-electron chi connectivity index (χ0n) is 12.7. The van der Waals surface area contributed by atoms with Crippen LogP contribution in [-0.2, 0) is 13.0 Å². The van der Waals surface area contributed by atoms with Crippen molar-refractivity contribution < 1.29 is 13.7 Å². The van der Waals surface area contributed by atoms with Crippen LogP contribution in [-0.4, -0.2) is 21.0 Å². The number of amides is 1. The quantitative estimate of drug-likeness (QED) is 0.912. The second kappa shape index (κ2) is 6.72. The van der Waals surface area contributed by atoms with Crippen LogP contribution in [0.4, 0.5) is 0 Å². The highest BCUT2D eigenvalue weighted by atomic mass is 16.5. The van der Waals surface area contributed by atoms with E-state index in [4.69, 9.17) is 8.94 Å². The van der Waals surface area contributed by atoms with Crippen molar-refractivity contribution in [1.29, 1.82) is 0 Å². The summed E-state index contributed by atoms with van der Waals surface area (Å²) in [7, 11) is 0. The molecule has 0 bridgehead atoms. The summed E-state index contributed by atoms with van der Waals surface area (Å²) in [5, 5.41) is 6.78. The molecule has 1 fully saturated rings. The van der Waals surface area contributed by atoms with Crippen LogP contribution < -0.4 is 5.32 Å². The summed E-state index contributed by atoms with van der Waals surface area (Å²) in [6, 6.07) is 0. The number of nitrogens with one attached hydrogen (secondary N) is 1. The first-order chi connectivity index (χ1) is 10.8. The molecule has 2 aromatic rings. The van der Waals surface area contributed by atoms with Crippen LogP contribution in [0.15, 0.2) is 15.3 Å². The van der Waals surface area contributed by atoms with Crippen molar-refractivity contribution >= 4 is 5.91 Å². The summed E-state index contributed by atoms with van der Waals surface area (Å²) in [6.07, 6.45) is 7.86. The molecule has 0 radical (unpaired) electrons. The molecule has 0 atom stereocenters. The first kappa shape index (κ1) is 14.7. The number of carbonyl (C=O) groups is 1. The Kier molecular flexibility index (Phi) is 4.50. The monoisotopic (exact) mass is 304 g/mol. The minimum absolute atomic E-state index is 0.203. The largest absolute Gasteiger partial charge is 0.448 e. The molecule has 118 valence electrons. The van der Waals surface area contributed by atoms with Gasteiger partial charge in [0.15, 0.2) is 17.9 Å². The Morgan fingerprint density at radius 2 is 2.18 bits per heavy atom.